The summed E-state index contributed by atoms with van der Waals surface area (Å²) in [4.78, 5) is 9.24. The molecule has 2 aromatic heterocycles. The molecule has 0 bridgehead atoms. The van der Waals surface area contributed by atoms with E-state index in [1.807, 2.05) is 12.3 Å². The normalized spacial score (nSPS) is 18.3. The molecule has 1 aliphatic rings. The number of rotatable bonds is 6. The van der Waals surface area contributed by atoms with Gasteiger partial charge in [-0.1, -0.05) is 23.8 Å². The summed E-state index contributed by atoms with van der Waals surface area (Å²) in [6.07, 6.45) is 1.86. The molecule has 0 spiro atoms. The van der Waals surface area contributed by atoms with Crippen molar-refractivity contribution in [2.75, 3.05) is 27.2 Å². The van der Waals surface area contributed by atoms with Crippen molar-refractivity contribution in [2.45, 2.75) is 46.7 Å². The van der Waals surface area contributed by atoms with Gasteiger partial charge in [-0.2, -0.15) is 0 Å². The highest BCUT2D eigenvalue weighted by Crippen LogP contribution is 2.41. The van der Waals surface area contributed by atoms with Crippen LogP contribution in [0.5, 0.6) is 0 Å². The number of likely N-dealkylation sites (N-methyl/N-ethyl adjacent to an activating group) is 1. The molecular weight excluding hydrogens is 426 g/mol. The Balaban J connectivity index is 1.85. The van der Waals surface area contributed by atoms with E-state index in [0.29, 0.717) is 0 Å². The molecule has 0 amide bonds. The van der Waals surface area contributed by atoms with Crippen LogP contribution in [0, 0.1) is 34.6 Å². The van der Waals surface area contributed by atoms with Crippen molar-refractivity contribution in [3.8, 4) is 5.69 Å². The molecule has 1 saturated heterocycles. The number of aryl methyl sites for hydroxylation is 4. The smallest absolute Gasteiger partial charge is 0.170 e. The summed E-state index contributed by atoms with van der Waals surface area (Å²) in [5, 5.41) is 4.38. The van der Waals surface area contributed by atoms with Gasteiger partial charge in [-0.3, -0.25) is 4.98 Å². The van der Waals surface area contributed by atoms with Crippen LogP contribution in [0.4, 0.5) is 0 Å². The summed E-state index contributed by atoms with van der Waals surface area (Å²) in [7, 11) is 4.21. The van der Waals surface area contributed by atoms with E-state index in [9.17, 15) is 0 Å². The lowest BCUT2D eigenvalue weighted by molar-refractivity contribution is 0.277. The Hall–Kier alpha value is -2.70. The lowest BCUT2D eigenvalue weighted by Crippen LogP contribution is -2.35. The van der Waals surface area contributed by atoms with Crippen molar-refractivity contribution >= 4 is 17.3 Å². The fourth-order valence-corrected chi connectivity index (χ4v) is 5.58. The fraction of sp³-hybridized carbons (Fsp3) is 0.407. The minimum absolute atomic E-state index is 0.00928. The zero-order valence-corrected chi connectivity index (χ0v) is 21.6. The first-order valence-electron chi connectivity index (χ1n) is 11.6. The Bertz CT molecular complexity index is 1140. The van der Waals surface area contributed by atoms with Crippen LogP contribution in [0.2, 0.25) is 0 Å². The largest absolute Gasteiger partial charge is 0.352 e. The Labute approximate surface area is 203 Å². The molecule has 1 aliphatic heterocycles. The van der Waals surface area contributed by atoms with Gasteiger partial charge in [0.1, 0.15) is 0 Å². The third kappa shape index (κ3) is 4.42. The SMILES string of the molecule is Cc1cc(C)c(-n2c(C)cc([C@H]3[C@H](c4ccccn4)NC(=S)N3CCN(C)C)c2C)c(C)c1. The lowest BCUT2D eigenvalue weighted by atomic mass is 9.96. The first kappa shape index (κ1) is 23.5. The number of nitrogens with one attached hydrogen (secondary N) is 1. The summed E-state index contributed by atoms with van der Waals surface area (Å²) >= 11 is 5.84. The van der Waals surface area contributed by atoms with Crippen LogP contribution in [0.15, 0.2) is 42.6 Å². The van der Waals surface area contributed by atoms with Crippen molar-refractivity contribution in [2.24, 2.45) is 0 Å². The highest BCUT2D eigenvalue weighted by Gasteiger charge is 2.41. The number of hydrogen-bond donors (Lipinski definition) is 1. The predicted molar refractivity (Wildman–Crippen MR) is 140 cm³/mol. The van der Waals surface area contributed by atoms with Crippen molar-refractivity contribution in [1.29, 1.82) is 0 Å². The quantitative estimate of drug-likeness (QED) is 0.526. The number of nitrogens with zero attached hydrogens (tertiary/aromatic N) is 4. The second-order valence-electron chi connectivity index (χ2n) is 9.53. The summed E-state index contributed by atoms with van der Waals surface area (Å²) in [6.45, 7) is 12.8. The maximum absolute atomic E-state index is 5.84. The van der Waals surface area contributed by atoms with E-state index >= 15 is 0 Å². The van der Waals surface area contributed by atoms with Gasteiger partial charge in [0.2, 0.25) is 0 Å². The molecule has 4 rings (SSSR count). The molecule has 1 aromatic carbocycles. The molecule has 2 atom stereocenters. The number of pyridine rings is 1. The number of benzene rings is 1. The van der Waals surface area contributed by atoms with E-state index in [4.69, 9.17) is 12.2 Å². The van der Waals surface area contributed by atoms with Crippen LogP contribution >= 0.6 is 12.2 Å². The minimum atomic E-state index is 0.00928. The number of thiocarbonyl (C=S) groups is 1. The Morgan fingerprint density at radius 3 is 2.33 bits per heavy atom. The molecule has 3 aromatic rings. The van der Waals surface area contributed by atoms with E-state index in [0.717, 1.165) is 23.9 Å². The van der Waals surface area contributed by atoms with Gasteiger partial charge in [0.25, 0.3) is 0 Å². The standard InChI is InChI=1S/C27H35N5S/c1-17-14-18(2)25(19(3)15-17)32-20(4)16-22(21(32)5)26-24(23-10-8-9-11-28-23)29-27(33)31(26)13-12-30(6)7/h8-11,14-16,24,26H,12-13H2,1-7H3,(H,29,33)/t24-,26-/m0/s1. The van der Waals surface area contributed by atoms with Gasteiger partial charge in [0.15, 0.2) is 5.11 Å². The number of hydrogen-bond acceptors (Lipinski definition) is 3. The summed E-state index contributed by atoms with van der Waals surface area (Å²) in [5.74, 6) is 0. The second-order valence-corrected chi connectivity index (χ2v) is 9.92. The summed E-state index contributed by atoms with van der Waals surface area (Å²) < 4.78 is 2.42. The van der Waals surface area contributed by atoms with Gasteiger partial charge in [-0.05, 0) is 95.8 Å². The van der Waals surface area contributed by atoms with Crippen LogP contribution in [0.25, 0.3) is 5.69 Å². The highest BCUT2D eigenvalue weighted by atomic mass is 32.1. The average Bonchev–Trinajstić information content (AvgIpc) is 3.22. The van der Waals surface area contributed by atoms with E-state index in [1.54, 1.807) is 0 Å². The molecule has 6 heteroatoms. The summed E-state index contributed by atoms with van der Waals surface area (Å²) in [5.41, 5.74) is 9.99. The zero-order valence-electron chi connectivity index (χ0n) is 20.8. The van der Waals surface area contributed by atoms with Gasteiger partial charge in [0.05, 0.1) is 23.5 Å². The van der Waals surface area contributed by atoms with Crippen molar-refractivity contribution < 1.29 is 0 Å². The van der Waals surface area contributed by atoms with Gasteiger partial charge in [-0.15, -0.1) is 0 Å². The Morgan fingerprint density at radius 1 is 1.03 bits per heavy atom. The third-order valence-electron chi connectivity index (χ3n) is 6.63. The molecule has 1 fully saturated rings. The lowest BCUT2D eigenvalue weighted by Gasteiger charge is -2.29. The van der Waals surface area contributed by atoms with Crippen molar-refractivity contribution in [3.63, 3.8) is 0 Å². The van der Waals surface area contributed by atoms with Gasteiger partial charge in [-0.25, -0.2) is 0 Å². The van der Waals surface area contributed by atoms with Crippen LogP contribution in [-0.4, -0.2) is 51.6 Å². The predicted octanol–water partition coefficient (Wildman–Crippen LogP) is 4.95. The summed E-state index contributed by atoms with van der Waals surface area (Å²) in [6, 6.07) is 13.1. The monoisotopic (exact) mass is 461 g/mol. The topological polar surface area (TPSA) is 36.3 Å². The molecule has 0 saturated carbocycles. The first-order chi connectivity index (χ1) is 15.7. The van der Waals surface area contributed by atoms with Crippen LogP contribution in [0.3, 0.4) is 0 Å². The fourth-order valence-electron chi connectivity index (χ4n) is 5.25. The van der Waals surface area contributed by atoms with Gasteiger partial charge in [0, 0.05) is 30.7 Å². The molecule has 0 radical (unpaired) electrons. The van der Waals surface area contributed by atoms with Crippen LogP contribution in [0.1, 0.15) is 51.4 Å². The van der Waals surface area contributed by atoms with Crippen molar-refractivity contribution in [1.82, 2.24) is 24.7 Å². The average molecular weight is 462 g/mol. The van der Waals surface area contributed by atoms with E-state index in [2.05, 4.69) is 104 Å². The molecule has 174 valence electrons. The molecule has 0 aliphatic carbocycles. The third-order valence-corrected chi connectivity index (χ3v) is 6.99. The number of aromatic nitrogens is 2. The Morgan fingerprint density at radius 2 is 1.73 bits per heavy atom. The molecule has 0 unspecified atom stereocenters. The second kappa shape index (κ2) is 9.27. The minimum Gasteiger partial charge on any atom is -0.352 e. The van der Waals surface area contributed by atoms with Crippen molar-refractivity contribution in [3.05, 3.63) is 81.9 Å². The molecule has 5 nitrogen and oxygen atoms in total. The van der Waals surface area contributed by atoms with E-state index < -0.39 is 0 Å². The van der Waals surface area contributed by atoms with E-state index in [-0.39, 0.29) is 12.1 Å². The highest BCUT2D eigenvalue weighted by molar-refractivity contribution is 7.80. The molecule has 3 heterocycles. The first-order valence-corrected chi connectivity index (χ1v) is 12.0. The molecule has 1 N–H and O–H groups in total. The Kier molecular flexibility index (Phi) is 6.59. The zero-order chi connectivity index (χ0) is 23.9. The molecular formula is C27H35N5S. The maximum Gasteiger partial charge on any atom is 0.170 e. The van der Waals surface area contributed by atoms with Crippen LogP contribution < -0.4 is 5.32 Å². The molecule has 33 heavy (non-hydrogen) atoms. The van der Waals surface area contributed by atoms with Gasteiger partial charge >= 0.3 is 0 Å². The van der Waals surface area contributed by atoms with Crippen LogP contribution in [-0.2, 0) is 0 Å². The maximum atomic E-state index is 5.84. The van der Waals surface area contributed by atoms with Gasteiger partial charge < -0.3 is 19.7 Å². The van der Waals surface area contributed by atoms with E-state index in [1.165, 1.54) is 39.3 Å².